The van der Waals surface area contributed by atoms with E-state index in [0.29, 0.717) is 19.3 Å². The summed E-state index contributed by atoms with van der Waals surface area (Å²) in [4.78, 5) is 5.05. The Morgan fingerprint density at radius 2 is 2.10 bits per heavy atom. The van der Waals surface area contributed by atoms with Crippen LogP contribution in [0.15, 0.2) is 0 Å². The molecular weight excluding hydrogens is 130 g/mol. The predicted octanol–water partition coefficient (Wildman–Crippen LogP) is 0.952. The topological polar surface area (TPSA) is 30.5 Å². The van der Waals surface area contributed by atoms with E-state index in [1.54, 1.807) is 7.11 Å². The average molecular weight is 147 g/mol. The minimum Gasteiger partial charge on any atom is -0.382 e. The maximum Gasteiger partial charge on any atom is 0.0915 e. The van der Waals surface area contributed by atoms with Crippen LogP contribution in [0.5, 0.6) is 0 Å². The average Bonchev–Trinajstić information content (AvgIpc) is 1.98. The van der Waals surface area contributed by atoms with Crippen molar-refractivity contribution in [2.75, 3.05) is 20.3 Å². The number of ether oxygens (including phenoxy) is 1. The molecule has 0 saturated carbocycles. The first kappa shape index (κ1) is 9.88. The van der Waals surface area contributed by atoms with Crippen molar-refractivity contribution >= 4 is 0 Å². The summed E-state index contributed by atoms with van der Waals surface area (Å²) in [7, 11) is 1.66. The van der Waals surface area contributed by atoms with Crippen LogP contribution in [-0.4, -0.2) is 26.4 Å². The van der Waals surface area contributed by atoms with Crippen molar-refractivity contribution in [1.82, 2.24) is 5.48 Å². The zero-order chi connectivity index (χ0) is 7.82. The molecule has 10 heavy (non-hydrogen) atoms. The van der Waals surface area contributed by atoms with Gasteiger partial charge in [0.1, 0.15) is 0 Å². The van der Waals surface area contributed by atoms with E-state index in [9.17, 15) is 0 Å². The Balaban J connectivity index is 2.89. The van der Waals surface area contributed by atoms with E-state index in [0.717, 1.165) is 6.42 Å². The third-order valence-electron chi connectivity index (χ3n) is 1.29. The van der Waals surface area contributed by atoms with Crippen LogP contribution in [0.25, 0.3) is 0 Å². The molecule has 1 unspecified atom stereocenters. The fourth-order valence-electron chi connectivity index (χ4n) is 0.410. The molecule has 1 atom stereocenters. The van der Waals surface area contributed by atoms with Gasteiger partial charge in [-0.2, -0.15) is 5.48 Å². The zero-order valence-electron chi connectivity index (χ0n) is 7.02. The molecule has 1 N–H and O–H groups in total. The molecule has 0 aliphatic rings. The first-order valence-corrected chi connectivity index (χ1v) is 3.67. The molecule has 0 aliphatic carbocycles. The second kappa shape index (κ2) is 6.99. The van der Waals surface area contributed by atoms with Crippen molar-refractivity contribution in [3.8, 4) is 0 Å². The Morgan fingerprint density at radius 1 is 1.40 bits per heavy atom. The van der Waals surface area contributed by atoms with E-state index in [1.807, 2.05) is 0 Å². The summed E-state index contributed by atoms with van der Waals surface area (Å²) in [5.41, 5.74) is 2.89. The summed E-state index contributed by atoms with van der Waals surface area (Å²) in [6.07, 6.45) is 1.08. The van der Waals surface area contributed by atoms with Crippen molar-refractivity contribution < 1.29 is 9.57 Å². The molecule has 0 saturated heterocycles. The maximum atomic E-state index is 5.05. The third kappa shape index (κ3) is 6.01. The van der Waals surface area contributed by atoms with Crippen LogP contribution < -0.4 is 5.48 Å². The van der Waals surface area contributed by atoms with Crippen LogP contribution in [0.3, 0.4) is 0 Å². The highest BCUT2D eigenvalue weighted by Crippen LogP contribution is 1.86. The SMILES string of the molecule is CCC(C)NOCCOC. The Kier molecular flexibility index (Phi) is 6.91. The van der Waals surface area contributed by atoms with Gasteiger partial charge in [-0.25, -0.2) is 0 Å². The molecule has 0 fully saturated rings. The highest BCUT2D eigenvalue weighted by molar-refractivity contribution is 4.47. The number of nitrogens with one attached hydrogen (secondary N) is 1. The molecule has 3 heteroatoms. The lowest BCUT2D eigenvalue weighted by molar-refractivity contribution is -0.00927. The van der Waals surface area contributed by atoms with Crippen molar-refractivity contribution in [2.24, 2.45) is 0 Å². The largest absolute Gasteiger partial charge is 0.382 e. The van der Waals surface area contributed by atoms with E-state index >= 15 is 0 Å². The quantitative estimate of drug-likeness (QED) is 0.448. The molecule has 0 amide bonds. The van der Waals surface area contributed by atoms with Crippen molar-refractivity contribution in [1.29, 1.82) is 0 Å². The van der Waals surface area contributed by atoms with E-state index in [-0.39, 0.29) is 0 Å². The van der Waals surface area contributed by atoms with Gasteiger partial charge in [0.15, 0.2) is 0 Å². The molecule has 0 radical (unpaired) electrons. The van der Waals surface area contributed by atoms with Gasteiger partial charge in [0.2, 0.25) is 0 Å². The number of hydrogen-bond donors (Lipinski definition) is 1. The number of rotatable bonds is 6. The van der Waals surface area contributed by atoms with Gasteiger partial charge >= 0.3 is 0 Å². The minimum absolute atomic E-state index is 0.428. The summed E-state index contributed by atoms with van der Waals surface area (Å²) >= 11 is 0. The van der Waals surface area contributed by atoms with Crippen LogP contribution in [0.1, 0.15) is 20.3 Å². The Bertz CT molecular complexity index is 68.6. The summed E-state index contributed by atoms with van der Waals surface area (Å²) in [6, 6.07) is 0.428. The molecule has 62 valence electrons. The fourth-order valence-corrected chi connectivity index (χ4v) is 0.410. The lowest BCUT2D eigenvalue weighted by atomic mass is 10.3. The van der Waals surface area contributed by atoms with Gasteiger partial charge in [-0.3, -0.25) is 4.84 Å². The highest BCUT2D eigenvalue weighted by Gasteiger charge is 1.94. The first-order valence-electron chi connectivity index (χ1n) is 3.67. The molecule has 0 bridgehead atoms. The number of methoxy groups -OCH3 is 1. The van der Waals surface area contributed by atoms with Gasteiger partial charge in [-0.15, -0.1) is 0 Å². The lowest BCUT2D eigenvalue weighted by Gasteiger charge is -2.10. The predicted molar refractivity (Wildman–Crippen MR) is 40.7 cm³/mol. The normalized spacial score (nSPS) is 13.5. The lowest BCUT2D eigenvalue weighted by Crippen LogP contribution is -2.26. The van der Waals surface area contributed by atoms with E-state index < -0.39 is 0 Å². The second-order valence-electron chi connectivity index (χ2n) is 2.27. The number of hydrogen-bond acceptors (Lipinski definition) is 3. The maximum absolute atomic E-state index is 5.05. The molecule has 3 nitrogen and oxygen atoms in total. The van der Waals surface area contributed by atoms with Gasteiger partial charge in [-0.05, 0) is 13.3 Å². The van der Waals surface area contributed by atoms with E-state index in [1.165, 1.54) is 0 Å². The van der Waals surface area contributed by atoms with Gasteiger partial charge in [-0.1, -0.05) is 6.92 Å². The number of hydroxylamine groups is 1. The smallest absolute Gasteiger partial charge is 0.0915 e. The molecule has 0 aromatic heterocycles. The second-order valence-corrected chi connectivity index (χ2v) is 2.27. The van der Waals surface area contributed by atoms with Crippen molar-refractivity contribution in [3.63, 3.8) is 0 Å². The van der Waals surface area contributed by atoms with Gasteiger partial charge < -0.3 is 4.74 Å². The molecule has 0 aromatic rings. The van der Waals surface area contributed by atoms with Gasteiger partial charge in [0, 0.05) is 13.2 Å². The standard InChI is InChI=1S/C7H17NO2/c1-4-7(2)8-10-6-5-9-3/h7-8H,4-6H2,1-3H3. The Morgan fingerprint density at radius 3 is 2.60 bits per heavy atom. The van der Waals surface area contributed by atoms with E-state index in [4.69, 9.17) is 9.57 Å². The summed E-state index contributed by atoms with van der Waals surface area (Å²) < 4.78 is 4.79. The molecule has 0 heterocycles. The summed E-state index contributed by atoms with van der Waals surface area (Å²) in [5.74, 6) is 0. The van der Waals surface area contributed by atoms with Crippen LogP contribution >= 0.6 is 0 Å². The zero-order valence-corrected chi connectivity index (χ0v) is 7.02. The Hall–Kier alpha value is -0.120. The molecule has 0 rings (SSSR count). The van der Waals surface area contributed by atoms with Gasteiger partial charge in [0.25, 0.3) is 0 Å². The highest BCUT2D eigenvalue weighted by atomic mass is 16.7. The van der Waals surface area contributed by atoms with Crippen LogP contribution in [0, 0.1) is 0 Å². The molecule has 0 aliphatic heterocycles. The Labute approximate surface area is 62.7 Å². The third-order valence-corrected chi connectivity index (χ3v) is 1.29. The fraction of sp³-hybridized carbons (Fsp3) is 1.00. The minimum atomic E-state index is 0.428. The summed E-state index contributed by atoms with van der Waals surface area (Å²) in [6.45, 7) is 5.44. The van der Waals surface area contributed by atoms with Crippen molar-refractivity contribution in [2.45, 2.75) is 26.3 Å². The molecule has 0 spiro atoms. The van der Waals surface area contributed by atoms with Gasteiger partial charge in [0.05, 0.1) is 13.2 Å². The van der Waals surface area contributed by atoms with E-state index in [2.05, 4.69) is 19.3 Å². The van der Waals surface area contributed by atoms with Crippen LogP contribution in [0.2, 0.25) is 0 Å². The summed E-state index contributed by atoms with van der Waals surface area (Å²) in [5, 5.41) is 0. The monoisotopic (exact) mass is 147 g/mol. The molecular formula is C7H17NO2. The van der Waals surface area contributed by atoms with Crippen LogP contribution in [0.4, 0.5) is 0 Å². The van der Waals surface area contributed by atoms with Crippen LogP contribution in [-0.2, 0) is 9.57 Å². The first-order chi connectivity index (χ1) is 4.81. The molecule has 0 aromatic carbocycles. The van der Waals surface area contributed by atoms with Crippen molar-refractivity contribution in [3.05, 3.63) is 0 Å².